The van der Waals surface area contributed by atoms with Crippen LogP contribution >= 0.6 is 7.37 Å². The molecular weight excluding hydrogens is 599 g/mol. The molecule has 240 valence electrons. The maximum absolute atomic E-state index is 14.5. The Bertz CT molecular complexity index is 1370. The fraction of sp³-hybridized carbons (Fsp3) is 0.600. The number of cyclic esters (lactones) is 1. The quantitative estimate of drug-likeness (QED) is 0.250. The van der Waals surface area contributed by atoms with E-state index in [1.807, 2.05) is 0 Å². The van der Waals surface area contributed by atoms with Crippen LogP contribution in [-0.2, 0) is 34.6 Å². The molecule has 2 heterocycles. The second kappa shape index (κ2) is 13.0. The minimum absolute atomic E-state index is 0.0262. The molecule has 5 rings (SSSR count). The van der Waals surface area contributed by atoms with Gasteiger partial charge < -0.3 is 29.9 Å². The van der Waals surface area contributed by atoms with Crippen molar-refractivity contribution in [3.8, 4) is 0 Å². The summed E-state index contributed by atoms with van der Waals surface area (Å²) in [7, 11) is -4.50. The van der Waals surface area contributed by atoms with E-state index in [9.17, 15) is 37.4 Å². The van der Waals surface area contributed by atoms with Crippen molar-refractivity contribution in [2.45, 2.75) is 100 Å². The molecule has 0 radical (unpaired) electrons. The molecule has 0 spiro atoms. The van der Waals surface area contributed by atoms with Crippen LogP contribution in [0, 0.1) is 17.6 Å². The van der Waals surface area contributed by atoms with Gasteiger partial charge in [-0.3, -0.25) is 18.9 Å². The van der Waals surface area contributed by atoms with Crippen LogP contribution in [0.15, 0.2) is 30.4 Å². The van der Waals surface area contributed by atoms with Gasteiger partial charge in [0.25, 0.3) is 0 Å². The Labute approximate surface area is 254 Å². The van der Waals surface area contributed by atoms with Crippen LogP contribution in [0.25, 0.3) is 0 Å². The van der Waals surface area contributed by atoms with Gasteiger partial charge in [0.2, 0.25) is 19.2 Å². The van der Waals surface area contributed by atoms with Crippen molar-refractivity contribution >= 4 is 31.2 Å². The third-order valence-corrected chi connectivity index (χ3v) is 11.6. The van der Waals surface area contributed by atoms with E-state index in [0.29, 0.717) is 19.3 Å². The molecule has 1 saturated heterocycles. The Balaban J connectivity index is 1.42. The smallest absolute Gasteiger partial charge is 0.408 e. The van der Waals surface area contributed by atoms with Crippen LogP contribution in [0.2, 0.25) is 0 Å². The van der Waals surface area contributed by atoms with Crippen molar-refractivity contribution < 1.29 is 46.9 Å². The highest BCUT2D eigenvalue weighted by molar-refractivity contribution is 7.59. The SMILES string of the molecule is CC1OC(=O)CC/C=C\[C@@H]2C[C@@]2(P(=O)(O)Cc2c(F)cccc2F)NC(=O)[C@@H]2CCCN2C(=O)C1NC(=O)OC1CCCC1. The summed E-state index contributed by atoms with van der Waals surface area (Å²) >= 11 is 0. The number of nitrogens with one attached hydrogen (secondary N) is 2. The first-order chi connectivity index (χ1) is 20.9. The van der Waals surface area contributed by atoms with E-state index >= 15 is 0 Å². The number of halogens is 2. The highest BCUT2D eigenvalue weighted by Gasteiger charge is 2.66. The summed E-state index contributed by atoms with van der Waals surface area (Å²) in [6.45, 7) is 1.63. The first-order valence-electron chi connectivity index (χ1n) is 15.1. The Morgan fingerprint density at radius 3 is 2.59 bits per heavy atom. The topological polar surface area (TPSA) is 151 Å². The molecule has 2 aliphatic heterocycles. The van der Waals surface area contributed by atoms with Crippen molar-refractivity contribution in [2.24, 2.45) is 5.92 Å². The molecule has 0 bridgehead atoms. The predicted molar refractivity (Wildman–Crippen MR) is 153 cm³/mol. The lowest BCUT2D eigenvalue weighted by Gasteiger charge is -2.33. The molecule has 44 heavy (non-hydrogen) atoms. The Morgan fingerprint density at radius 2 is 1.89 bits per heavy atom. The fourth-order valence-electron chi connectivity index (χ4n) is 6.45. The van der Waals surface area contributed by atoms with E-state index in [-0.39, 0.29) is 38.3 Å². The maximum Gasteiger partial charge on any atom is 0.408 e. The second-order valence-electron chi connectivity index (χ2n) is 12.1. The summed E-state index contributed by atoms with van der Waals surface area (Å²) in [5.74, 6) is -4.59. The number of allylic oxidation sites excluding steroid dienone is 1. The molecule has 1 aromatic carbocycles. The monoisotopic (exact) mass is 637 g/mol. The number of fused-ring (bicyclic) bond motifs is 2. The molecular formula is C30H38F2N3O8P. The van der Waals surface area contributed by atoms with Gasteiger partial charge in [0.1, 0.15) is 41.2 Å². The lowest BCUT2D eigenvalue weighted by molar-refractivity contribution is -0.154. The number of ether oxygens (including phenoxy) is 2. The molecule has 14 heteroatoms. The Hall–Kier alpha value is -3.31. The highest BCUT2D eigenvalue weighted by atomic mass is 31.2. The lowest BCUT2D eigenvalue weighted by Crippen LogP contribution is -2.58. The third-order valence-electron chi connectivity index (χ3n) is 9.01. The standard InChI is InChI=1S/C30H38F2N3O8P/c1-18-26(33-29(39)43-20-9-3-4-10-20)28(38)35-15-7-13-24(35)27(37)34-30(16-19(30)8-2-5-14-25(36)42-18)44(40,41)17-21-22(31)11-6-12-23(21)32/h2,6,8,11-12,18-20,24,26H,3-5,7,9-10,13-17H2,1H3,(H,33,39)(H,34,37)(H,40,41)/b8-2-/t18?,19-,24+,26?,30+/m1/s1. The minimum Gasteiger partial charge on any atom is -0.460 e. The Morgan fingerprint density at radius 1 is 1.18 bits per heavy atom. The van der Waals surface area contributed by atoms with Crippen molar-refractivity contribution in [3.05, 3.63) is 47.5 Å². The normalized spacial score (nSPS) is 31.8. The van der Waals surface area contributed by atoms with E-state index in [0.717, 1.165) is 31.0 Å². The zero-order chi connectivity index (χ0) is 31.6. The molecule has 0 aromatic heterocycles. The van der Waals surface area contributed by atoms with Crippen LogP contribution in [0.1, 0.15) is 70.3 Å². The largest absolute Gasteiger partial charge is 0.460 e. The van der Waals surface area contributed by atoms with E-state index in [2.05, 4.69) is 10.6 Å². The van der Waals surface area contributed by atoms with Gasteiger partial charge >= 0.3 is 12.1 Å². The Kier molecular flexibility index (Phi) is 9.46. The molecule has 3 unspecified atom stereocenters. The van der Waals surface area contributed by atoms with E-state index in [1.54, 1.807) is 12.2 Å². The zero-order valence-electron chi connectivity index (χ0n) is 24.5. The lowest BCUT2D eigenvalue weighted by atomic mass is 10.1. The summed E-state index contributed by atoms with van der Waals surface area (Å²) in [6.07, 6.45) is 4.25. The summed E-state index contributed by atoms with van der Waals surface area (Å²) < 4.78 is 53.8. The van der Waals surface area contributed by atoms with Crippen molar-refractivity contribution in [3.63, 3.8) is 0 Å². The van der Waals surface area contributed by atoms with Gasteiger partial charge in [0, 0.05) is 24.4 Å². The average Bonchev–Trinajstić information content (AvgIpc) is 3.30. The summed E-state index contributed by atoms with van der Waals surface area (Å²) in [5, 5.41) is 3.52. The number of hydrogen-bond acceptors (Lipinski definition) is 7. The summed E-state index contributed by atoms with van der Waals surface area (Å²) in [5.41, 5.74) is -0.555. The average molecular weight is 638 g/mol. The number of carbonyl (C=O) groups is 4. The molecule has 6 atom stereocenters. The van der Waals surface area contributed by atoms with E-state index < -0.39 is 84.0 Å². The molecule has 2 aliphatic carbocycles. The molecule has 4 aliphatic rings. The first-order valence-corrected chi connectivity index (χ1v) is 17.0. The number of amides is 3. The number of esters is 1. The van der Waals surface area contributed by atoms with Crippen molar-refractivity contribution in [2.75, 3.05) is 6.54 Å². The molecule has 11 nitrogen and oxygen atoms in total. The van der Waals surface area contributed by atoms with E-state index in [4.69, 9.17) is 9.47 Å². The minimum atomic E-state index is -4.50. The maximum atomic E-state index is 14.5. The number of rotatable bonds is 5. The molecule has 3 amide bonds. The van der Waals surface area contributed by atoms with Gasteiger partial charge in [-0.2, -0.15) is 0 Å². The molecule has 2 saturated carbocycles. The molecule has 3 fully saturated rings. The van der Waals surface area contributed by atoms with Gasteiger partial charge in [-0.15, -0.1) is 0 Å². The van der Waals surface area contributed by atoms with Crippen molar-refractivity contribution in [1.29, 1.82) is 0 Å². The van der Waals surface area contributed by atoms with Crippen LogP contribution < -0.4 is 10.6 Å². The van der Waals surface area contributed by atoms with Crippen molar-refractivity contribution in [1.82, 2.24) is 15.5 Å². The number of hydrogen-bond donors (Lipinski definition) is 3. The number of nitrogens with zero attached hydrogens (tertiary/aromatic N) is 1. The van der Waals surface area contributed by atoms with Crippen LogP contribution in [0.5, 0.6) is 0 Å². The van der Waals surface area contributed by atoms with Crippen LogP contribution in [0.3, 0.4) is 0 Å². The molecule has 1 aromatic rings. The third kappa shape index (κ3) is 6.68. The van der Waals surface area contributed by atoms with Gasteiger partial charge in [0.05, 0.1) is 6.16 Å². The van der Waals surface area contributed by atoms with E-state index in [1.165, 1.54) is 11.8 Å². The molecule has 3 N–H and O–H groups in total. The van der Waals surface area contributed by atoms with Gasteiger partial charge in [-0.25, -0.2) is 13.6 Å². The van der Waals surface area contributed by atoms with Crippen LogP contribution in [-0.4, -0.2) is 69.8 Å². The number of alkyl carbamates (subject to hydrolysis) is 1. The zero-order valence-corrected chi connectivity index (χ0v) is 25.4. The van der Waals surface area contributed by atoms with Gasteiger partial charge in [-0.1, -0.05) is 18.2 Å². The van der Waals surface area contributed by atoms with Gasteiger partial charge in [0.15, 0.2) is 0 Å². The number of carbonyl (C=O) groups excluding carboxylic acids is 4. The number of benzene rings is 1. The van der Waals surface area contributed by atoms with Gasteiger partial charge in [-0.05, 0) is 70.4 Å². The fourth-order valence-corrected chi connectivity index (χ4v) is 8.83. The van der Waals surface area contributed by atoms with Crippen LogP contribution in [0.4, 0.5) is 13.6 Å². The highest BCUT2D eigenvalue weighted by Crippen LogP contribution is 2.71. The summed E-state index contributed by atoms with van der Waals surface area (Å²) in [6, 6.07) is 0.726. The summed E-state index contributed by atoms with van der Waals surface area (Å²) in [4.78, 5) is 65.6. The first kappa shape index (κ1) is 32.1. The predicted octanol–water partition coefficient (Wildman–Crippen LogP) is 3.88. The second-order valence-corrected chi connectivity index (χ2v) is 14.6.